The Morgan fingerprint density at radius 1 is 1.32 bits per heavy atom. The van der Waals surface area contributed by atoms with Crippen molar-refractivity contribution in [2.75, 3.05) is 26.3 Å². The standard InChI is InChI=1S/C19H25N3O3/c1-3-25-17-6-4-14(5-7-17)8-19(24)22-11-16(13-23)18(12-22)15-9-20-21(2)10-15/h4-7,9-10,16,18,23H,3,8,11-13H2,1-2H3/t16-,18-/m0/s1. The molecule has 2 heterocycles. The first kappa shape index (κ1) is 17.5. The zero-order valence-corrected chi connectivity index (χ0v) is 14.8. The van der Waals surface area contributed by atoms with Crippen LogP contribution in [0.2, 0.25) is 0 Å². The Kier molecular flexibility index (Phi) is 5.38. The predicted octanol–water partition coefficient (Wildman–Crippen LogP) is 1.60. The Morgan fingerprint density at radius 3 is 2.68 bits per heavy atom. The van der Waals surface area contributed by atoms with Crippen molar-refractivity contribution in [2.24, 2.45) is 13.0 Å². The SMILES string of the molecule is CCOc1ccc(CC(=O)N2C[C@@H](CO)[C@H](c3cnn(C)c3)C2)cc1. The summed E-state index contributed by atoms with van der Waals surface area (Å²) in [4.78, 5) is 14.5. The van der Waals surface area contributed by atoms with E-state index < -0.39 is 0 Å². The van der Waals surface area contributed by atoms with Gasteiger partial charge in [0.2, 0.25) is 5.91 Å². The molecule has 1 fully saturated rings. The van der Waals surface area contributed by atoms with Crippen LogP contribution in [0, 0.1) is 5.92 Å². The molecule has 1 saturated heterocycles. The second kappa shape index (κ2) is 7.70. The van der Waals surface area contributed by atoms with Crippen LogP contribution >= 0.6 is 0 Å². The molecule has 1 amide bonds. The van der Waals surface area contributed by atoms with E-state index in [0.29, 0.717) is 26.1 Å². The van der Waals surface area contributed by atoms with Gasteiger partial charge >= 0.3 is 0 Å². The molecule has 1 aliphatic rings. The van der Waals surface area contributed by atoms with Gasteiger partial charge in [-0.3, -0.25) is 9.48 Å². The molecule has 2 atom stereocenters. The van der Waals surface area contributed by atoms with Crippen molar-refractivity contribution in [3.05, 3.63) is 47.8 Å². The summed E-state index contributed by atoms with van der Waals surface area (Å²) in [5, 5.41) is 13.9. The van der Waals surface area contributed by atoms with Crippen LogP contribution in [0.25, 0.3) is 0 Å². The molecular weight excluding hydrogens is 318 g/mol. The first-order valence-electron chi connectivity index (χ1n) is 8.69. The lowest BCUT2D eigenvalue weighted by Gasteiger charge is -2.16. The number of aryl methyl sites for hydroxylation is 1. The summed E-state index contributed by atoms with van der Waals surface area (Å²) in [6, 6.07) is 7.65. The van der Waals surface area contributed by atoms with Crippen LogP contribution < -0.4 is 4.74 Å². The molecule has 0 spiro atoms. The van der Waals surface area contributed by atoms with Gasteiger partial charge in [-0.05, 0) is 30.2 Å². The number of rotatable bonds is 6. The molecule has 0 radical (unpaired) electrons. The number of likely N-dealkylation sites (tertiary alicyclic amines) is 1. The summed E-state index contributed by atoms with van der Waals surface area (Å²) >= 11 is 0. The van der Waals surface area contributed by atoms with Crippen LogP contribution in [0.15, 0.2) is 36.7 Å². The van der Waals surface area contributed by atoms with E-state index in [1.165, 1.54) is 0 Å². The van der Waals surface area contributed by atoms with Crippen molar-refractivity contribution >= 4 is 5.91 Å². The highest BCUT2D eigenvalue weighted by atomic mass is 16.5. The molecule has 25 heavy (non-hydrogen) atoms. The first-order chi connectivity index (χ1) is 12.1. The first-order valence-corrected chi connectivity index (χ1v) is 8.69. The smallest absolute Gasteiger partial charge is 0.227 e. The quantitative estimate of drug-likeness (QED) is 0.865. The molecule has 0 saturated carbocycles. The molecule has 1 N–H and O–H groups in total. The minimum absolute atomic E-state index is 0.0634. The van der Waals surface area contributed by atoms with Crippen LogP contribution in [-0.2, 0) is 18.3 Å². The minimum Gasteiger partial charge on any atom is -0.494 e. The summed E-state index contributed by atoms with van der Waals surface area (Å²) in [6.07, 6.45) is 4.16. The second-order valence-electron chi connectivity index (χ2n) is 6.55. The number of hydrogen-bond donors (Lipinski definition) is 1. The maximum Gasteiger partial charge on any atom is 0.227 e. The van der Waals surface area contributed by atoms with Crippen LogP contribution in [0.1, 0.15) is 24.0 Å². The van der Waals surface area contributed by atoms with Gasteiger partial charge in [-0.15, -0.1) is 0 Å². The molecular formula is C19H25N3O3. The fraction of sp³-hybridized carbons (Fsp3) is 0.474. The van der Waals surface area contributed by atoms with Gasteiger partial charge in [-0.25, -0.2) is 0 Å². The normalized spacial score (nSPS) is 20.0. The number of carbonyl (C=O) groups is 1. The number of aliphatic hydroxyl groups is 1. The van der Waals surface area contributed by atoms with E-state index >= 15 is 0 Å². The van der Waals surface area contributed by atoms with E-state index in [1.54, 1.807) is 4.68 Å². The molecule has 6 nitrogen and oxygen atoms in total. The molecule has 0 aliphatic carbocycles. The van der Waals surface area contributed by atoms with Gasteiger partial charge in [0.15, 0.2) is 0 Å². The predicted molar refractivity (Wildman–Crippen MR) is 94.4 cm³/mol. The summed E-state index contributed by atoms with van der Waals surface area (Å²) in [5.74, 6) is 1.11. The number of aromatic nitrogens is 2. The number of aliphatic hydroxyl groups excluding tert-OH is 1. The summed E-state index contributed by atoms with van der Waals surface area (Å²) in [5.41, 5.74) is 2.05. The van der Waals surface area contributed by atoms with E-state index in [1.807, 2.05) is 55.5 Å². The molecule has 2 aromatic rings. The average Bonchev–Trinajstić information content (AvgIpc) is 3.22. The summed E-state index contributed by atoms with van der Waals surface area (Å²) in [6.45, 7) is 3.87. The maximum absolute atomic E-state index is 12.7. The topological polar surface area (TPSA) is 67.6 Å². The third kappa shape index (κ3) is 4.02. The highest BCUT2D eigenvalue weighted by Crippen LogP contribution is 2.32. The van der Waals surface area contributed by atoms with Gasteiger partial charge in [0.05, 0.1) is 19.2 Å². The number of benzene rings is 1. The van der Waals surface area contributed by atoms with Crippen molar-refractivity contribution in [3.8, 4) is 5.75 Å². The lowest BCUT2D eigenvalue weighted by molar-refractivity contribution is -0.129. The monoisotopic (exact) mass is 343 g/mol. The maximum atomic E-state index is 12.7. The van der Waals surface area contributed by atoms with Crippen LogP contribution in [0.3, 0.4) is 0 Å². The highest BCUT2D eigenvalue weighted by molar-refractivity contribution is 5.79. The number of amides is 1. The van der Waals surface area contributed by atoms with Gasteiger partial charge in [0, 0.05) is 44.8 Å². The third-order valence-corrected chi connectivity index (χ3v) is 4.77. The van der Waals surface area contributed by atoms with Crippen LogP contribution in [-0.4, -0.2) is 52.0 Å². The molecule has 1 aromatic carbocycles. The lowest BCUT2D eigenvalue weighted by Crippen LogP contribution is -2.30. The number of nitrogens with zero attached hydrogens (tertiary/aromatic N) is 3. The minimum atomic E-state index is 0.0634. The Hall–Kier alpha value is -2.34. The Labute approximate surface area is 148 Å². The fourth-order valence-electron chi connectivity index (χ4n) is 3.43. The number of hydrogen-bond acceptors (Lipinski definition) is 4. The van der Waals surface area contributed by atoms with Crippen molar-refractivity contribution in [2.45, 2.75) is 19.3 Å². The highest BCUT2D eigenvalue weighted by Gasteiger charge is 2.36. The molecule has 0 unspecified atom stereocenters. The van der Waals surface area contributed by atoms with Gasteiger partial charge < -0.3 is 14.7 Å². The van der Waals surface area contributed by atoms with Gasteiger partial charge in [-0.2, -0.15) is 5.10 Å². The third-order valence-electron chi connectivity index (χ3n) is 4.77. The average molecular weight is 343 g/mol. The molecule has 6 heteroatoms. The summed E-state index contributed by atoms with van der Waals surface area (Å²) in [7, 11) is 1.88. The van der Waals surface area contributed by atoms with Gasteiger partial charge in [0.1, 0.15) is 5.75 Å². The Bertz CT molecular complexity index is 711. The molecule has 1 aliphatic heterocycles. The zero-order valence-electron chi connectivity index (χ0n) is 14.8. The fourth-order valence-corrected chi connectivity index (χ4v) is 3.43. The largest absolute Gasteiger partial charge is 0.494 e. The molecule has 1 aromatic heterocycles. The van der Waals surface area contributed by atoms with E-state index in [0.717, 1.165) is 16.9 Å². The van der Waals surface area contributed by atoms with Crippen molar-refractivity contribution in [1.29, 1.82) is 0 Å². The lowest BCUT2D eigenvalue weighted by atomic mass is 9.92. The van der Waals surface area contributed by atoms with Gasteiger partial charge in [0.25, 0.3) is 0 Å². The van der Waals surface area contributed by atoms with E-state index in [9.17, 15) is 9.90 Å². The van der Waals surface area contributed by atoms with Crippen molar-refractivity contribution in [1.82, 2.24) is 14.7 Å². The molecule has 3 rings (SSSR count). The van der Waals surface area contributed by atoms with Crippen LogP contribution in [0.5, 0.6) is 5.75 Å². The molecule has 134 valence electrons. The van der Waals surface area contributed by atoms with Crippen molar-refractivity contribution < 1.29 is 14.6 Å². The zero-order chi connectivity index (χ0) is 17.8. The number of ether oxygens (including phenoxy) is 1. The Morgan fingerprint density at radius 2 is 2.08 bits per heavy atom. The van der Waals surface area contributed by atoms with Crippen LogP contribution in [0.4, 0.5) is 0 Å². The van der Waals surface area contributed by atoms with Gasteiger partial charge in [-0.1, -0.05) is 12.1 Å². The van der Waals surface area contributed by atoms with E-state index in [2.05, 4.69) is 5.10 Å². The van der Waals surface area contributed by atoms with E-state index in [-0.39, 0.29) is 24.3 Å². The van der Waals surface area contributed by atoms with E-state index in [4.69, 9.17) is 4.74 Å². The summed E-state index contributed by atoms with van der Waals surface area (Å²) < 4.78 is 7.19. The Balaban J connectivity index is 1.64. The second-order valence-corrected chi connectivity index (χ2v) is 6.55. The van der Waals surface area contributed by atoms with Crippen molar-refractivity contribution in [3.63, 3.8) is 0 Å². The number of carbonyl (C=O) groups excluding carboxylic acids is 1. The molecule has 0 bridgehead atoms.